The average Bonchev–Trinajstić information content (AvgIpc) is 2.70. The summed E-state index contributed by atoms with van der Waals surface area (Å²) in [5.41, 5.74) is 3.29. The minimum absolute atomic E-state index is 0.183. The van der Waals surface area contributed by atoms with Crippen LogP contribution in [0.25, 0.3) is 23.3 Å². The maximum absolute atomic E-state index is 14.4. The van der Waals surface area contributed by atoms with E-state index in [2.05, 4.69) is 0 Å². The van der Waals surface area contributed by atoms with Gasteiger partial charge < -0.3 is 4.74 Å². The van der Waals surface area contributed by atoms with Crippen molar-refractivity contribution in [2.24, 2.45) is 0 Å². The molecule has 0 amide bonds. The van der Waals surface area contributed by atoms with Crippen molar-refractivity contribution in [3.05, 3.63) is 94.3 Å². The highest BCUT2D eigenvalue weighted by atomic mass is 19.2. The highest BCUT2D eigenvalue weighted by Gasteiger charge is 2.09. The number of halogens is 3. The van der Waals surface area contributed by atoms with Crippen molar-refractivity contribution in [2.75, 3.05) is 6.61 Å². The highest BCUT2D eigenvalue weighted by Crippen LogP contribution is 2.25. The lowest BCUT2D eigenvalue weighted by atomic mass is 10.0. The Labute approximate surface area is 163 Å². The molecule has 3 aromatic carbocycles. The van der Waals surface area contributed by atoms with E-state index in [0.717, 1.165) is 16.7 Å². The molecule has 3 aromatic rings. The lowest BCUT2D eigenvalue weighted by molar-refractivity contribution is 0.134. The van der Waals surface area contributed by atoms with Crippen LogP contribution in [0.2, 0.25) is 0 Å². The van der Waals surface area contributed by atoms with Crippen LogP contribution in [-0.4, -0.2) is 6.61 Å². The summed E-state index contributed by atoms with van der Waals surface area (Å²) < 4.78 is 47.3. The molecule has 0 aliphatic heterocycles. The quantitative estimate of drug-likeness (QED) is 0.427. The van der Waals surface area contributed by atoms with Crippen molar-refractivity contribution in [1.82, 2.24) is 0 Å². The Hall–Kier alpha value is -2.85. The normalized spacial score (nSPS) is 11.3. The maximum Gasteiger partial charge on any atom is 0.166 e. The standard InChI is InChI=1S/C24H21F3O/c1-3-28-15-18-8-13-21(22(25)14-18)19-10-5-17(6-11-19)7-12-20-9-4-16(2)23(26)24(20)27/h4-14H,3,15H2,1-2H3/b12-7+. The Bertz CT molecular complexity index is 991. The third-order valence-corrected chi connectivity index (χ3v) is 4.49. The molecular weight excluding hydrogens is 361 g/mol. The first-order valence-corrected chi connectivity index (χ1v) is 9.09. The molecule has 0 aliphatic carbocycles. The van der Waals surface area contributed by atoms with Gasteiger partial charge in [0.25, 0.3) is 0 Å². The maximum atomic E-state index is 14.4. The Morgan fingerprint density at radius 1 is 0.857 bits per heavy atom. The van der Waals surface area contributed by atoms with Crippen molar-refractivity contribution < 1.29 is 17.9 Å². The number of hydrogen-bond acceptors (Lipinski definition) is 1. The number of aryl methyl sites for hydroxylation is 1. The van der Waals surface area contributed by atoms with E-state index < -0.39 is 11.6 Å². The highest BCUT2D eigenvalue weighted by molar-refractivity contribution is 5.72. The molecule has 0 heterocycles. The molecule has 3 rings (SSSR count). The smallest absolute Gasteiger partial charge is 0.166 e. The van der Waals surface area contributed by atoms with Crippen LogP contribution in [0.4, 0.5) is 13.2 Å². The van der Waals surface area contributed by atoms with Gasteiger partial charge in [-0.1, -0.05) is 60.7 Å². The minimum atomic E-state index is -0.859. The SMILES string of the molecule is CCOCc1ccc(-c2ccc(/C=C/c3ccc(C)c(F)c3F)cc2)c(F)c1. The molecule has 4 heteroatoms. The predicted octanol–water partition coefficient (Wildman–Crippen LogP) is 6.79. The molecule has 0 saturated heterocycles. The van der Waals surface area contributed by atoms with Gasteiger partial charge in [0.2, 0.25) is 0 Å². The van der Waals surface area contributed by atoms with Gasteiger partial charge in [0.1, 0.15) is 5.82 Å². The first-order chi connectivity index (χ1) is 13.5. The molecule has 0 unspecified atom stereocenters. The molecule has 0 aliphatic rings. The van der Waals surface area contributed by atoms with E-state index in [4.69, 9.17) is 4.74 Å². The minimum Gasteiger partial charge on any atom is -0.377 e. The zero-order chi connectivity index (χ0) is 20.1. The summed E-state index contributed by atoms with van der Waals surface area (Å²) in [7, 11) is 0. The zero-order valence-corrected chi connectivity index (χ0v) is 15.8. The van der Waals surface area contributed by atoms with Crippen molar-refractivity contribution in [3.8, 4) is 11.1 Å². The van der Waals surface area contributed by atoms with Crippen LogP contribution in [0.3, 0.4) is 0 Å². The van der Waals surface area contributed by atoms with Crippen LogP contribution >= 0.6 is 0 Å². The molecular formula is C24H21F3O. The van der Waals surface area contributed by atoms with Crippen LogP contribution in [0.5, 0.6) is 0 Å². The van der Waals surface area contributed by atoms with E-state index in [0.29, 0.717) is 18.8 Å². The van der Waals surface area contributed by atoms with Gasteiger partial charge in [0.05, 0.1) is 6.61 Å². The lowest BCUT2D eigenvalue weighted by Gasteiger charge is -2.07. The second kappa shape index (κ2) is 8.89. The van der Waals surface area contributed by atoms with Crippen LogP contribution in [-0.2, 0) is 11.3 Å². The van der Waals surface area contributed by atoms with Crippen LogP contribution in [0, 0.1) is 24.4 Å². The molecule has 0 N–H and O–H groups in total. The van der Waals surface area contributed by atoms with Gasteiger partial charge >= 0.3 is 0 Å². The van der Waals surface area contributed by atoms with Gasteiger partial charge in [-0.3, -0.25) is 0 Å². The zero-order valence-electron chi connectivity index (χ0n) is 15.8. The summed E-state index contributed by atoms with van der Waals surface area (Å²) in [6.07, 6.45) is 3.22. The van der Waals surface area contributed by atoms with E-state index in [1.807, 2.05) is 25.1 Å². The fourth-order valence-electron chi connectivity index (χ4n) is 2.85. The third kappa shape index (κ3) is 4.52. The van der Waals surface area contributed by atoms with E-state index in [-0.39, 0.29) is 16.9 Å². The van der Waals surface area contributed by atoms with Crippen LogP contribution in [0.1, 0.15) is 29.2 Å². The van der Waals surface area contributed by atoms with E-state index in [9.17, 15) is 13.2 Å². The van der Waals surface area contributed by atoms with Crippen LogP contribution in [0.15, 0.2) is 54.6 Å². The lowest BCUT2D eigenvalue weighted by Crippen LogP contribution is -1.94. The molecule has 28 heavy (non-hydrogen) atoms. The van der Waals surface area contributed by atoms with E-state index in [1.165, 1.54) is 25.1 Å². The van der Waals surface area contributed by atoms with Crippen molar-refractivity contribution in [3.63, 3.8) is 0 Å². The van der Waals surface area contributed by atoms with Gasteiger partial charge in [-0.2, -0.15) is 0 Å². The van der Waals surface area contributed by atoms with Gasteiger partial charge in [0, 0.05) is 17.7 Å². The summed E-state index contributed by atoms with van der Waals surface area (Å²) >= 11 is 0. The molecule has 0 spiro atoms. The third-order valence-electron chi connectivity index (χ3n) is 4.49. The van der Waals surface area contributed by atoms with Crippen molar-refractivity contribution >= 4 is 12.2 Å². The molecule has 0 saturated carbocycles. The van der Waals surface area contributed by atoms with E-state index >= 15 is 0 Å². The fraction of sp³-hybridized carbons (Fsp3) is 0.167. The van der Waals surface area contributed by atoms with Crippen LogP contribution < -0.4 is 0 Å². The molecule has 0 atom stereocenters. The second-order valence-electron chi connectivity index (χ2n) is 6.51. The fourth-order valence-corrected chi connectivity index (χ4v) is 2.85. The first-order valence-electron chi connectivity index (χ1n) is 9.09. The topological polar surface area (TPSA) is 9.23 Å². The number of rotatable bonds is 6. The Balaban J connectivity index is 1.78. The largest absolute Gasteiger partial charge is 0.377 e. The Morgan fingerprint density at radius 2 is 1.61 bits per heavy atom. The Kier molecular flexibility index (Phi) is 6.32. The summed E-state index contributed by atoms with van der Waals surface area (Å²) in [5, 5.41) is 0. The van der Waals surface area contributed by atoms with Gasteiger partial charge in [0.15, 0.2) is 11.6 Å². The first kappa shape index (κ1) is 19.9. The molecule has 0 bridgehead atoms. The molecule has 0 fully saturated rings. The monoisotopic (exact) mass is 382 g/mol. The van der Waals surface area contributed by atoms with Crippen molar-refractivity contribution in [2.45, 2.75) is 20.5 Å². The summed E-state index contributed by atoms with van der Waals surface area (Å²) in [4.78, 5) is 0. The predicted molar refractivity (Wildman–Crippen MR) is 107 cm³/mol. The summed E-state index contributed by atoms with van der Waals surface area (Å²) in [6.45, 7) is 4.38. The molecule has 0 aromatic heterocycles. The van der Waals surface area contributed by atoms with Crippen molar-refractivity contribution in [1.29, 1.82) is 0 Å². The van der Waals surface area contributed by atoms with Gasteiger partial charge in [-0.25, -0.2) is 13.2 Å². The average molecular weight is 382 g/mol. The number of hydrogen-bond donors (Lipinski definition) is 0. The second-order valence-corrected chi connectivity index (χ2v) is 6.51. The molecule has 0 radical (unpaired) electrons. The van der Waals surface area contributed by atoms with Gasteiger partial charge in [-0.15, -0.1) is 0 Å². The van der Waals surface area contributed by atoms with Gasteiger partial charge in [-0.05, 0) is 42.2 Å². The molecule has 144 valence electrons. The number of ether oxygens (including phenoxy) is 1. The summed E-state index contributed by atoms with van der Waals surface area (Å²) in [5.74, 6) is -2.00. The summed E-state index contributed by atoms with van der Waals surface area (Å²) in [6, 6.07) is 15.3. The Morgan fingerprint density at radius 3 is 2.29 bits per heavy atom. The van der Waals surface area contributed by atoms with E-state index in [1.54, 1.807) is 30.3 Å². The molecule has 1 nitrogen and oxygen atoms in total. The number of benzene rings is 3.